The molecule has 1 amide bonds. The Bertz CT molecular complexity index is 935. The highest BCUT2D eigenvalue weighted by atomic mass is 16.2. The normalized spacial score (nSPS) is 11.0. The third-order valence-corrected chi connectivity index (χ3v) is 3.42. The molecule has 2 aromatic heterocycles. The van der Waals surface area contributed by atoms with E-state index < -0.39 is 0 Å². The topological polar surface area (TPSA) is 89.8 Å². The molecule has 0 unspecified atom stereocenters. The highest BCUT2D eigenvalue weighted by Crippen LogP contribution is 2.15. The second-order valence-corrected chi connectivity index (χ2v) is 5.87. The number of carbonyl (C=O) groups excluding carboxylic acids is 1. The predicted octanol–water partition coefficient (Wildman–Crippen LogP) is 2.09. The van der Waals surface area contributed by atoms with Gasteiger partial charge in [-0.05, 0) is 36.2 Å². The highest BCUT2D eigenvalue weighted by Gasteiger charge is 2.10. The van der Waals surface area contributed by atoms with Crippen LogP contribution in [0.5, 0.6) is 0 Å². The van der Waals surface area contributed by atoms with Gasteiger partial charge in [0, 0.05) is 18.4 Å². The molecule has 0 aliphatic carbocycles. The van der Waals surface area contributed by atoms with Gasteiger partial charge in [0.15, 0.2) is 0 Å². The molecule has 7 nitrogen and oxygen atoms in total. The molecule has 24 heavy (non-hydrogen) atoms. The van der Waals surface area contributed by atoms with E-state index in [-0.39, 0.29) is 17.4 Å². The summed E-state index contributed by atoms with van der Waals surface area (Å²) in [6, 6.07) is 10.1. The number of nitrogens with zero attached hydrogens (tertiary/aromatic N) is 4. The van der Waals surface area contributed by atoms with Crippen LogP contribution in [0, 0.1) is 5.92 Å². The van der Waals surface area contributed by atoms with E-state index in [9.17, 15) is 9.59 Å². The van der Waals surface area contributed by atoms with Crippen molar-refractivity contribution in [1.82, 2.24) is 20.0 Å². The van der Waals surface area contributed by atoms with Gasteiger partial charge in [0.05, 0.1) is 5.39 Å². The maximum absolute atomic E-state index is 12.5. The average molecular weight is 323 g/mol. The number of fused-ring (bicyclic) bond motifs is 1. The van der Waals surface area contributed by atoms with Crippen LogP contribution in [0.1, 0.15) is 24.3 Å². The van der Waals surface area contributed by atoms with E-state index in [1.54, 1.807) is 42.6 Å². The summed E-state index contributed by atoms with van der Waals surface area (Å²) < 4.78 is 1.34. The van der Waals surface area contributed by atoms with Crippen molar-refractivity contribution in [2.75, 3.05) is 5.32 Å². The average Bonchev–Trinajstić information content (AvgIpc) is 2.58. The third kappa shape index (κ3) is 3.29. The van der Waals surface area contributed by atoms with E-state index in [4.69, 9.17) is 0 Å². The number of hydrogen-bond donors (Lipinski definition) is 1. The van der Waals surface area contributed by atoms with Crippen LogP contribution in [0.15, 0.2) is 47.4 Å². The first kappa shape index (κ1) is 15.8. The van der Waals surface area contributed by atoms with Gasteiger partial charge in [-0.1, -0.05) is 25.1 Å². The quantitative estimate of drug-likeness (QED) is 0.794. The van der Waals surface area contributed by atoms with Crippen LogP contribution >= 0.6 is 0 Å². The van der Waals surface area contributed by atoms with E-state index in [0.717, 1.165) is 0 Å². The number of pyridine rings is 1. The fourth-order valence-electron chi connectivity index (χ4n) is 2.31. The van der Waals surface area contributed by atoms with Crippen molar-refractivity contribution in [3.05, 3.63) is 58.6 Å². The summed E-state index contributed by atoms with van der Waals surface area (Å²) in [6.45, 7) is 4.50. The molecule has 2 heterocycles. The van der Waals surface area contributed by atoms with Gasteiger partial charge in [-0.25, -0.2) is 4.68 Å². The van der Waals surface area contributed by atoms with Gasteiger partial charge in [0.1, 0.15) is 11.2 Å². The number of carbonyl (C=O) groups is 1. The molecule has 0 saturated carbocycles. The zero-order chi connectivity index (χ0) is 17.1. The van der Waals surface area contributed by atoms with E-state index in [2.05, 4.69) is 20.6 Å². The van der Waals surface area contributed by atoms with Crippen LogP contribution in [0.3, 0.4) is 0 Å². The molecule has 0 saturated heterocycles. The maximum Gasteiger partial charge on any atom is 0.277 e. The first-order valence-electron chi connectivity index (χ1n) is 7.64. The molecule has 0 spiro atoms. The summed E-state index contributed by atoms with van der Waals surface area (Å²) >= 11 is 0. The molecular weight excluding hydrogens is 306 g/mol. The summed E-state index contributed by atoms with van der Waals surface area (Å²) in [7, 11) is 0. The lowest BCUT2D eigenvalue weighted by molar-refractivity contribution is 0.102. The number of aromatic nitrogens is 4. The Balaban J connectivity index is 1.94. The molecule has 3 aromatic rings. The second-order valence-electron chi connectivity index (χ2n) is 5.87. The SMILES string of the molecule is CC(C)Cn1nnc2ccc(NC(=O)c3ccccn3)cc2c1=O. The molecular formula is C17H17N5O2. The Morgan fingerprint density at radius 2 is 2.08 bits per heavy atom. The van der Waals surface area contributed by atoms with E-state index in [1.165, 1.54) is 4.68 Å². The van der Waals surface area contributed by atoms with Crippen LogP contribution in [-0.2, 0) is 6.54 Å². The molecule has 0 atom stereocenters. The lowest BCUT2D eigenvalue weighted by atomic mass is 10.2. The van der Waals surface area contributed by atoms with Gasteiger partial charge in [-0.15, -0.1) is 5.10 Å². The molecule has 1 aromatic carbocycles. The molecule has 1 N–H and O–H groups in total. The Morgan fingerprint density at radius 1 is 1.25 bits per heavy atom. The molecule has 122 valence electrons. The fraction of sp³-hybridized carbons (Fsp3) is 0.235. The largest absolute Gasteiger partial charge is 0.321 e. The number of hydrogen-bond acceptors (Lipinski definition) is 5. The van der Waals surface area contributed by atoms with Crippen molar-refractivity contribution in [2.24, 2.45) is 5.92 Å². The lowest BCUT2D eigenvalue weighted by Gasteiger charge is -2.08. The number of rotatable bonds is 4. The van der Waals surface area contributed by atoms with E-state index in [0.29, 0.717) is 28.8 Å². The van der Waals surface area contributed by atoms with Crippen molar-refractivity contribution in [1.29, 1.82) is 0 Å². The van der Waals surface area contributed by atoms with Gasteiger partial charge >= 0.3 is 0 Å². The van der Waals surface area contributed by atoms with Gasteiger partial charge in [-0.3, -0.25) is 14.6 Å². The minimum Gasteiger partial charge on any atom is -0.321 e. The van der Waals surface area contributed by atoms with Crippen molar-refractivity contribution in [3.8, 4) is 0 Å². The lowest BCUT2D eigenvalue weighted by Crippen LogP contribution is -2.26. The van der Waals surface area contributed by atoms with Crippen LogP contribution in [-0.4, -0.2) is 25.9 Å². The molecule has 0 aliphatic rings. The minimum absolute atomic E-state index is 0.220. The van der Waals surface area contributed by atoms with Crippen LogP contribution in [0.2, 0.25) is 0 Å². The highest BCUT2D eigenvalue weighted by molar-refractivity contribution is 6.03. The zero-order valence-corrected chi connectivity index (χ0v) is 13.4. The minimum atomic E-state index is -0.334. The first-order valence-corrected chi connectivity index (χ1v) is 7.64. The molecule has 0 fully saturated rings. The van der Waals surface area contributed by atoms with Gasteiger partial charge in [0.25, 0.3) is 11.5 Å². The Morgan fingerprint density at radius 3 is 2.79 bits per heavy atom. The standard InChI is InChI=1S/C17H17N5O2/c1-11(2)10-22-17(24)13-9-12(6-7-14(13)20-21-22)19-16(23)15-5-3-4-8-18-15/h3-9,11H,10H2,1-2H3,(H,19,23). The van der Waals surface area contributed by atoms with Gasteiger partial charge < -0.3 is 5.32 Å². The first-order chi connectivity index (χ1) is 11.5. The van der Waals surface area contributed by atoms with Gasteiger partial charge in [-0.2, -0.15) is 0 Å². The summed E-state index contributed by atoms with van der Waals surface area (Å²) in [6.07, 6.45) is 1.55. The number of benzene rings is 1. The van der Waals surface area contributed by atoms with Crippen LogP contribution < -0.4 is 10.9 Å². The van der Waals surface area contributed by atoms with Crippen molar-refractivity contribution >= 4 is 22.5 Å². The van der Waals surface area contributed by atoms with Gasteiger partial charge in [0.2, 0.25) is 0 Å². The third-order valence-electron chi connectivity index (χ3n) is 3.42. The summed E-state index contributed by atoms with van der Waals surface area (Å²) in [5.41, 5.74) is 1.10. The number of anilines is 1. The second kappa shape index (κ2) is 6.57. The number of nitrogens with one attached hydrogen (secondary N) is 1. The summed E-state index contributed by atoms with van der Waals surface area (Å²) in [5.74, 6) is -0.0547. The maximum atomic E-state index is 12.5. The Hall–Kier alpha value is -3.09. The molecule has 0 aliphatic heterocycles. The molecule has 7 heteroatoms. The molecule has 3 rings (SSSR count). The van der Waals surface area contributed by atoms with E-state index >= 15 is 0 Å². The van der Waals surface area contributed by atoms with Crippen molar-refractivity contribution in [2.45, 2.75) is 20.4 Å². The van der Waals surface area contributed by atoms with Crippen molar-refractivity contribution < 1.29 is 4.79 Å². The van der Waals surface area contributed by atoms with Crippen LogP contribution in [0.25, 0.3) is 10.9 Å². The fourth-order valence-corrected chi connectivity index (χ4v) is 2.31. The Labute approximate surface area is 138 Å². The Kier molecular flexibility index (Phi) is 4.33. The summed E-state index contributed by atoms with van der Waals surface area (Å²) in [4.78, 5) is 28.7. The smallest absolute Gasteiger partial charge is 0.277 e. The van der Waals surface area contributed by atoms with Crippen molar-refractivity contribution in [3.63, 3.8) is 0 Å². The van der Waals surface area contributed by atoms with Crippen LogP contribution in [0.4, 0.5) is 5.69 Å². The summed E-state index contributed by atoms with van der Waals surface area (Å²) in [5, 5.41) is 11.2. The number of amides is 1. The predicted molar refractivity (Wildman–Crippen MR) is 90.8 cm³/mol. The zero-order valence-electron chi connectivity index (χ0n) is 13.4. The molecule has 0 bridgehead atoms. The molecule has 0 radical (unpaired) electrons. The monoisotopic (exact) mass is 323 g/mol. The van der Waals surface area contributed by atoms with E-state index in [1.807, 2.05) is 13.8 Å².